The smallest absolute Gasteiger partial charge is 0.209 e. The van der Waals surface area contributed by atoms with Crippen LogP contribution in [0.3, 0.4) is 0 Å². The Balaban J connectivity index is 1.42. The number of allylic oxidation sites excluding steroid dienone is 3. The molecule has 2 heterocycles. The maximum absolute atomic E-state index is 13.5. The molecule has 2 aliphatic rings. The van der Waals surface area contributed by atoms with Crippen molar-refractivity contribution in [3.8, 4) is 5.75 Å². The maximum Gasteiger partial charge on any atom is 0.209 e. The summed E-state index contributed by atoms with van der Waals surface area (Å²) in [5.74, 6) is 0.472. The van der Waals surface area contributed by atoms with E-state index in [1.165, 1.54) is 11.1 Å². The van der Waals surface area contributed by atoms with Crippen molar-refractivity contribution in [1.82, 2.24) is 4.57 Å². The fraction of sp³-hybridized carbons (Fsp3) is 0.212. The quantitative estimate of drug-likeness (QED) is 0.273. The van der Waals surface area contributed by atoms with Gasteiger partial charge in [0.15, 0.2) is 18.0 Å². The van der Waals surface area contributed by atoms with Crippen LogP contribution in [0.5, 0.6) is 5.75 Å². The Morgan fingerprint density at radius 2 is 1.71 bits per heavy atom. The fourth-order valence-electron chi connectivity index (χ4n) is 5.84. The normalized spacial score (nSPS) is 17.4. The van der Waals surface area contributed by atoms with Crippen LogP contribution in [0.2, 0.25) is 0 Å². The summed E-state index contributed by atoms with van der Waals surface area (Å²) >= 11 is 0. The molecule has 0 unspecified atom stereocenters. The van der Waals surface area contributed by atoms with E-state index < -0.39 is 0 Å². The minimum atomic E-state index is -0.348. The molecule has 0 bridgehead atoms. The lowest BCUT2D eigenvalue weighted by Crippen LogP contribution is -2.34. The highest BCUT2D eigenvalue weighted by Gasteiger charge is 2.45. The van der Waals surface area contributed by atoms with Crippen LogP contribution in [0.1, 0.15) is 30.5 Å². The summed E-state index contributed by atoms with van der Waals surface area (Å²) in [5.41, 5.74) is 6.40. The molecule has 4 aromatic rings. The number of aryl methyl sites for hydroxylation is 1. The molecule has 0 atom stereocenters. The molecule has 1 aliphatic carbocycles. The fourth-order valence-corrected chi connectivity index (χ4v) is 5.84. The zero-order chi connectivity index (χ0) is 26.6. The second-order valence-corrected chi connectivity index (χ2v) is 10.5. The molecular formula is C33H30N2O3. The van der Waals surface area contributed by atoms with Crippen LogP contribution >= 0.6 is 0 Å². The number of hydrogen-bond donors (Lipinski definition) is 0. The summed E-state index contributed by atoms with van der Waals surface area (Å²) in [4.78, 5) is 13.5. The topological polar surface area (TPSA) is 57.3 Å². The molecule has 0 fully saturated rings. The van der Waals surface area contributed by atoms with Gasteiger partial charge in [-0.1, -0.05) is 54.3 Å². The van der Waals surface area contributed by atoms with Gasteiger partial charge in [-0.25, -0.2) is 0 Å². The SMILES string of the molecule is COc1ccc(CC[N+]2=C(/C=C3/C(=O)C(c4cn(C)c5ccccc45)=C3[O-])C(C)(C)c3ccccc32)cc1. The number of fused-ring (bicyclic) bond motifs is 2. The number of aromatic nitrogens is 1. The van der Waals surface area contributed by atoms with Crippen LogP contribution in [0.15, 0.2) is 96.4 Å². The Morgan fingerprint density at radius 1 is 1.00 bits per heavy atom. The number of carbonyl (C=O) groups is 1. The first kappa shape index (κ1) is 24.0. The summed E-state index contributed by atoms with van der Waals surface area (Å²) in [5, 5.41) is 14.4. The van der Waals surface area contributed by atoms with Gasteiger partial charge >= 0.3 is 0 Å². The van der Waals surface area contributed by atoms with E-state index in [4.69, 9.17) is 4.74 Å². The Bertz CT molecular complexity index is 1700. The van der Waals surface area contributed by atoms with Crippen LogP contribution in [0, 0.1) is 0 Å². The molecule has 5 heteroatoms. The summed E-state index contributed by atoms with van der Waals surface area (Å²) in [7, 11) is 3.60. The van der Waals surface area contributed by atoms with Gasteiger partial charge in [0.05, 0.1) is 12.5 Å². The van der Waals surface area contributed by atoms with Gasteiger partial charge in [0.2, 0.25) is 5.69 Å². The van der Waals surface area contributed by atoms with E-state index in [0.717, 1.165) is 41.0 Å². The molecule has 38 heavy (non-hydrogen) atoms. The van der Waals surface area contributed by atoms with Crippen molar-refractivity contribution >= 4 is 33.7 Å². The number of rotatable bonds is 6. The summed E-state index contributed by atoms with van der Waals surface area (Å²) in [6.45, 7) is 5.05. The molecule has 0 radical (unpaired) electrons. The van der Waals surface area contributed by atoms with Crippen molar-refractivity contribution in [2.45, 2.75) is 25.7 Å². The molecule has 190 valence electrons. The van der Waals surface area contributed by atoms with Crippen molar-refractivity contribution < 1.29 is 19.2 Å². The summed E-state index contributed by atoms with van der Waals surface area (Å²) in [6, 6.07) is 24.3. The van der Waals surface area contributed by atoms with Gasteiger partial charge in [-0.15, -0.1) is 0 Å². The van der Waals surface area contributed by atoms with Crippen molar-refractivity contribution in [3.63, 3.8) is 0 Å². The molecule has 0 saturated heterocycles. The van der Waals surface area contributed by atoms with E-state index in [1.54, 1.807) is 7.11 Å². The average Bonchev–Trinajstić information content (AvgIpc) is 3.37. The van der Waals surface area contributed by atoms with Gasteiger partial charge in [0.25, 0.3) is 0 Å². The number of methoxy groups -OCH3 is 1. The minimum absolute atomic E-state index is 0.180. The van der Waals surface area contributed by atoms with Gasteiger partial charge < -0.3 is 14.4 Å². The third-order valence-electron chi connectivity index (χ3n) is 7.97. The molecule has 0 amide bonds. The van der Waals surface area contributed by atoms with E-state index in [1.807, 2.05) is 72.4 Å². The monoisotopic (exact) mass is 502 g/mol. The predicted molar refractivity (Wildman–Crippen MR) is 149 cm³/mol. The van der Waals surface area contributed by atoms with E-state index in [0.29, 0.717) is 5.56 Å². The van der Waals surface area contributed by atoms with E-state index >= 15 is 0 Å². The minimum Gasteiger partial charge on any atom is -0.871 e. The van der Waals surface area contributed by atoms with Crippen LogP contribution in [-0.2, 0) is 23.7 Å². The number of Topliss-reactive ketones (excluding diaryl/α,β-unsaturated/α-hetero) is 1. The van der Waals surface area contributed by atoms with E-state index in [9.17, 15) is 9.90 Å². The number of nitrogens with zero attached hydrogens (tertiary/aromatic N) is 2. The lowest BCUT2D eigenvalue weighted by atomic mass is 9.77. The first-order valence-electron chi connectivity index (χ1n) is 12.9. The molecule has 3 aromatic carbocycles. The Morgan fingerprint density at radius 3 is 2.45 bits per heavy atom. The summed E-state index contributed by atoms with van der Waals surface area (Å²) < 4.78 is 9.53. The standard InChI is InChI=1S/C33H30N2O3/c1-33(2)26-10-6-8-12-28(26)35(18-17-21-13-15-22(38-4)16-14-21)29(33)19-24-31(36)30(32(24)37)25-20-34(3)27-11-7-5-9-23(25)27/h5-16,19-20H,17-18H2,1-4H3. The first-order chi connectivity index (χ1) is 18.3. The number of benzene rings is 3. The lowest BCUT2D eigenvalue weighted by Gasteiger charge is -2.30. The third kappa shape index (κ3) is 3.61. The van der Waals surface area contributed by atoms with E-state index in [-0.39, 0.29) is 28.1 Å². The van der Waals surface area contributed by atoms with Gasteiger partial charge in [-0.3, -0.25) is 4.79 Å². The molecule has 1 aromatic heterocycles. The number of ether oxygens (including phenoxy) is 1. The number of para-hydroxylation sites is 2. The van der Waals surface area contributed by atoms with Crippen LogP contribution in [0.25, 0.3) is 16.5 Å². The number of ketones is 1. The molecule has 6 rings (SSSR count). The van der Waals surface area contributed by atoms with Crippen molar-refractivity contribution in [1.29, 1.82) is 0 Å². The largest absolute Gasteiger partial charge is 0.871 e. The molecule has 5 nitrogen and oxygen atoms in total. The number of carbonyl (C=O) groups excluding carboxylic acids is 1. The van der Waals surface area contributed by atoms with Crippen molar-refractivity contribution in [3.05, 3.63) is 113 Å². The highest BCUT2D eigenvalue weighted by molar-refractivity contribution is 6.41. The van der Waals surface area contributed by atoms with Crippen LogP contribution in [0.4, 0.5) is 5.69 Å². The van der Waals surface area contributed by atoms with Crippen molar-refractivity contribution in [2.75, 3.05) is 13.7 Å². The molecular weight excluding hydrogens is 472 g/mol. The second-order valence-electron chi connectivity index (χ2n) is 10.5. The predicted octanol–water partition coefficient (Wildman–Crippen LogP) is 5.09. The Labute approximate surface area is 222 Å². The zero-order valence-electron chi connectivity index (χ0n) is 22.1. The molecule has 0 N–H and O–H groups in total. The molecule has 0 saturated carbocycles. The highest BCUT2D eigenvalue weighted by atomic mass is 16.5. The molecule has 1 aliphatic heterocycles. The van der Waals surface area contributed by atoms with Gasteiger partial charge in [-0.05, 0) is 37.6 Å². The van der Waals surface area contributed by atoms with E-state index in [2.05, 4.69) is 42.7 Å². The Kier molecular flexibility index (Phi) is 5.60. The number of hydrogen-bond acceptors (Lipinski definition) is 3. The van der Waals surface area contributed by atoms with Crippen molar-refractivity contribution in [2.24, 2.45) is 7.05 Å². The highest BCUT2D eigenvalue weighted by Crippen LogP contribution is 2.43. The lowest BCUT2D eigenvalue weighted by molar-refractivity contribution is -0.437. The van der Waals surface area contributed by atoms with Gasteiger partial charge in [0, 0.05) is 65.0 Å². The second kappa shape index (κ2) is 8.88. The third-order valence-corrected chi connectivity index (χ3v) is 7.97. The average molecular weight is 503 g/mol. The van der Waals surface area contributed by atoms with Crippen LogP contribution < -0.4 is 9.84 Å². The first-order valence-corrected chi connectivity index (χ1v) is 12.9. The Hall–Kier alpha value is -4.38. The van der Waals surface area contributed by atoms with Gasteiger partial charge in [0.1, 0.15) is 5.75 Å². The van der Waals surface area contributed by atoms with Crippen LogP contribution in [-0.4, -0.2) is 34.3 Å². The van der Waals surface area contributed by atoms with Gasteiger partial charge in [-0.2, -0.15) is 4.58 Å². The summed E-state index contributed by atoms with van der Waals surface area (Å²) in [6.07, 6.45) is 4.54. The molecule has 0 spiro atoms. The zero-order valence-corrected chi connectivity index (χ0v) is 22.1. The maximum atomic E-state index is 13.5.